The highest BCUT2D eigenvalue weighted by Gasteiger charge is 2.13. The molecule has 1 heterocycles. The molecule has 0 aliphatic carbocycles. The van der Waals surface area contributed by atoms with E-state index >= 15 is 0 Å². The SMILES string of the molecule is COC(=O)c1cc(C#CCC(N)=O)cnc1F. The molecule has 0 aliphatic heterocycles. The molecule has 1 amide bonds. The summed E-state index contributed by atoms with van der Waals surface area (Å²) < 4.78 is 17.5. The van der Waals surface area contributed by atoms with E-state index in [4.69, 9.17) is 5.73 Å². The Balaban J connectivity index is 2.99. The average molecular weight is 236 g/mol. The number of primary amides is 1. The minimum atomic E-state index is -0.933. The summed E-state index contributed by atoms with van der Waals surface area (Å²) in [6.07, 6.45) is 1.03. The van der Waals surface area contributed by atoms with E-state index in [2.05, 4.69) is 21.6 Å². The van der Waals surface area contributed by atoms with Crippen molar-refractivity contribution >= 4 is 11.9 Å². The monoisotopic (exact) mass is 236 g/mol. The number of aromatic nitrogens is 1. The molecule has 17 heavy (non-hydrogen) atoms. The number of nitrogens with zero attached hydrogens (tertiary/aromatic N) is 1. The minimum Gasteiger partial charge on any atom is -0.465 e. The molecule has 1 aromatic heterocycles. The van der Waals surface area contributed by atoms with E-state index in [-0.39, 0.29) is 12.0 Å². The molecule has 0 saturated carbocycles. The number of nitrogens with two attached hydrogens (primary N) is 1. The van der Waals surface area contributed by atoms with Gasteiger partial charge in [0.1, 0.15) is 5.56 Å². The van der Waals surface area contributed by atoms with Crippen LogP contribution in [0.15, 0.2) is 12.3 Å². The zero-order chi connectivity index (χ0) is 12.8. The van der Waals surface area contributed by atoms with E-state index in [1.807, 2.05) is 0 Å². The highest BCUT2D eigenvalue weighted by atomic mass is 19.1. The summed E-state index contributed by atoms with van der Waals surface area (Å²) in [5.74, 6) is 2.66. The molecule has 0 aliphatic rings. The van der Waals surface area contributed by atoms with Crippen molar-refractivity contribution in [2.45, 2.75) is 6.42 Å². The fourth-order valence-corrected chi connectivity index (χ4v) is 1.00. The summed E-state index contributed by atoms with van der Waals surface area (Å²) in [4.78, 5) is 24.9. The van der Waals surface area contributed by atoms with Crippen LogP contribution in [0.2, 0.25) is 0 Å². The number of carbonyl (C=O) groups excluding carboxylic acids is 2. The lowest BCUT2D eigenvalue weighted by molar-refractivity contribution is -0.117. The molecule has 88 valence electrons. The topological polar surface area (TPSA) is 82.3 Å². The van der Waals surface area contributed by atoms with Crippen molar-refractivity contribution in [3.05, 3.63) is 29.3 Å². The molecule has 6 heteroatoms. The summed E-state index contributed by atoms with van der Waals surface area (Å²) in [5.41, 5.74) is 4.88. The van der Waals surface area contributed by atoms with E-state index in [1.165, 1.54) is 6.07 Å². The van der Waals surface area contributed by atoms with Gasteiger partial charge in [0, 0.05) is 11.8 Å². The van der Waals surface area contributed by atoms with E-state index in [1.54, 1.807) is 0 Å². The van der Waals surface area contributed by atoms with Gasteiger partial charge in [0.15, 0.2) is 0 Å². The first kappa shape index (κ1) is 12.6. The molecular formula is C11H9FN2O3. The summed E-state index contributed by atoms with van der Waals surface area (Å²) in [7, 11) is 1.13. The smallest absolute Gasteiger partial charge is 0.342 e. The molecule has 0 spiro atoms. The predicted octanol–water partition coefficient (Wildman–Crippen LogP) is 0.234. The van der Waals surface area contributed by atoms with Crippen LogP contribution in [0, 0.1) is 17.8 Å². The minimum absolute atomic E-state index is 0.120. The number of pyridine rings is 1. The lowest BCUT2D eigenvalue weighted by Crippen LogP contribution is -2.08. The van der Waals surface area contributed by atoms with E-state index in [0.717, 1.165) is 13.3 Å². The Morgan fingerprint density at radius 3 is 2.88 bits per heavy atom. The van der Waals surface area contributed by atoms with Crippen LogP contribution in [0.25, 0.3) is 0 Å². The molecule has 0 atom stereocenters. The predicted molar refractivity (Wildman–Crippen MR) is 56.2 cm³/mol. The Kier molecular flexibility index (Phi) is 4.17. The van der Waals surface area contributed by atoms with Crippen LogP contribution in [-0.4, -0.2) is 24.0 Å². The molecule has 0 aromatic carbocycles. The van der Waals surface area contributed by atoms with Gasteiger partial charge in [-0.1, -0.05) is 11.8 Å². The van der Waals surface area contributed by atoms with Crippen molar-refractivity contribution in [2.24, 2.45) is 5.73 Å². The maximum atomic E-state index is 13.1. The first-order valence-electron chi connectivity index (χ1n) is 4.55. The third-order valence-electron chi connectivity index (χ3n) is 1.74. The zero-order valence-electron chi connectivity index (χ0n) is 8.99. The number of halogens is 1. The lowest BCUT2D eigenvalue weighted by Gasteiger charge is -2.00. The maximum Gasteiger partial charge on any atom is 0.342 e. The van der Waals surface area contributed by atoms with Crippen molar-refractivity contribution in [3.63, 3.8) is 0 Å². The van der Waals surface area contributed by atoms with Crippen molar-refractivity contribution in [2.75, 3.05) is 7.11 Å². The summed E-state index contributed by atoms with van der Waals surface area (Å²) in [6.45, 7) is 0. The maximum absolute atomic E-state index is 13.1. The van der Waals surface area contributed by atoms with Gasteiger partial charge in [0.2, 0.25) is 11.9 Å². The lowest BCUT2D eigenvalue weighted by atomic mass is 10.2. The van der Waals surface area contributed by atoms with Crippen molar-refractivity contribution in [1.82, 2.24) is 4.98 Å². The highest BCUT2D eigenvalue weighted by Crippen LogP contribution is 2.08. The van der Waals surface area contributed by atoms with Crippen LogP contribution in [-0.2, 0) is 9.53 Å². The van der Waals surface area contributed by atoms with Gasteiger partial charge in [-0.3, -0.25) is 4.79 Å². The number of esters is 1. The average Bonchev–Trinajstić information content (AvgIpc) is 2.30. The van der Waals surface area contributed by atoms with Gasteiger partial charge in [0.25, 0.3) is 0 Å². The first-order chi connectivity index (χ1) is 8.04. The first-order valence-corrected chi connectivity index (χ1v) is 4.55. The van der Waals surface area contributed by atoms with Gasteiger partial charge in [-0.25, -0.2) is 9.78 Å². The van der Waals surface area contributed by atoms with Crippen molar-refractivity contribution < 1.29 is 18.7 Å². The second-order valence-corrected chi connectivity index (χ2v) is 3.00. The molecule has 0 fully saturated rings. The van der Waals surface area contributed by atoms with E-state index in [9.17, 15) is 14.0 Å². The van der Waals surface area contributed by atoms with Gasteiger partial charge >= 0.3 is 5.97 Å². The molecule has 1 aromatic rings. The summed E-state index contributed by atoms with van der Waals surface area (Å²) >= 11 is 0. The normalized spacial score (nSPS) is 9.06. The van der Waals surface area contributed by atoms with Crippen molar-refractivity contribution in [3.8, 4) is 11.8 Å². The number of ether oxygens (including phenoxy) is 1. The molecule has 2 N–H and O–H groups in total. The van der Waals surface area contributed by atoms with Gasteiger partial charge < -0.3 is 10.5 Å². The fourth-order valence-electron chi connectivity index (χ4n) is 1.00. The number of hydrogen-bond donors (Lipinski definition) is 1. The Morgan fingerprint density at radius 2 is 2.29 bits per heavy atom. The number of amides is 1. The largest absolute Gasteiger partial charge is 0.465 e. The van der Waals surface area contributed by atoms with Crippen LogP contribution in [0.5, 0.6) is 0 Å². The standard InChI is InChI=1S/C11H9FN2O3/c1-17-11(16)8-5-7(6-14-10(8)12)3-2-4-9(13)15/h5-6H,4H2,1H3,(H2,13,15). The van der Waals surface area contributed by atoms with Gasteiger partial charge in [0.05, 0.1) is 13.5 Å². The van der Waals surface area contributed by atoms with Gasteiger partial charge in [-0.05, 0) is 6.07 Å². The van der Waals surface area contributed by atoms with Crippen LogP contribution >= 0.6 is 0 Å². The second-order valence-electron chi connectivity index (χ2n) is 3.00. The fraction of sp³-hybridized carbons (Fsp3) is 0.182. The molecular weight excluding hydrogens is 227 g/mol. The summed E-state index contributed by atoms with van der Waals surface area (Å²) in [6, 6.07) is 1.20. The Labute approximate surface area is 96.8 Å². The molecule has 5 nitrogen and oxygen atoms in total. The Bertz CT molecular complexity index is 517. The number of methoxy groups -OCH3 is 1. The van der Waals surface area contributed by atoms with Crippen LogP contribution in [0.4, 0.5) is 4.39 Å². The van der Waals surface area contributed by atoms with Crippen LogP contribution in [0.3, 0.4) is 0 Å². The molecule has 1 rings (SSSR count). The number of rotatable bonds is 2. The third-order valence-corrected chi connectivity index (χ3v) is 1.74. The number of hydrogen-bond acceptors (Lipinski definition) is 4. The Hall–Kier alpha value is -2.42. The molecule has 0 unspecified atom stereocenters. The van der Waals surface area contributed by atoms with Crippen LogP contribution < -0.4 is 5.73 Å². The second kappa shape index (κ2) is 5.61. The van der Waals surface area contributed by atoms with Crippen LogP contribution in [0.1, 0.15) is 22.3 Å². The third kappa shape index (κ3) is 3.57. The highest BCUT2D eigenvalue weighted by molar-refractivity contribution is 5.89. The van der Waals surface area contributed by atoms with Gasteiger partial charge in [-0.2, -0.15) is 4.39 Å². The van der Waals surface area contributed by atoms with E-state index in [0.29, 0.717) is 5.56 Å². The molecule has 0 bridgehead atoms. The number of carbonyl (C=O) groups is 2. The van der Waals surface area contributed by atoms with Gasteiger partial charge in [-0.15, -0.1) is 0 Å². The van der Waals surface area contributed by atoms with Crippen molar-refractivity contribution in [1.29, 1.82) is 0 Å². The molecule has 0 saturated heterocycles. The zero-order valence-corrected chi connectivity index (χ0v) is 8.99. The summed E-state index contributed by atoms with van der Waals surface area (Å²) in [5, 5.41) is 0. The quantitative estimate of drug-likeness (QED) is 0.453. The molecule has 0 radical (unpaired) electrons. The van der Waals surface area contributed by atoms with E-state index < -0.39 is 17.8 Å². The Morgan fingerprint density at radius 1 is 1.59 bits per heavy atom.